The van der Waals surface area contributed by atoms with Crippen molar-refractivity contribution in [2.45, 2.75) is 0 Å². The molecule has 0 saturated carbocycles. The lowest BCUT2D eigenvalue weighted by Crippen LogP contribution is -1.90. The Morgan fingerprint density at radius 3 is 2.50 bits per heavy atom. The standard InChI is InChI=1S/C17H11BrO2/c18-15-6-8-17(14(9-15)11-19)20-16-7-5-12-3-1-2-4-13(12)10-16/h1-11H. The Kier molecular flexibility index (Phi) is 3.52. The van der Waals surface area contributed by atoms with Crippen LogP contribution in [0.15, 0.2) is 65.1 Å². The fourth-order valence-electron chi connectivity index (χ4n) is 2.06. The maximum Gasteiger partial charge on any atom is 0.153 e. The molecule has 3 aromatic rings. The fourth-order valence-corrected chi connectivity index (χ4v) is 2.44. The highest BCUT2D eigenvalue weighted by Gasteiger charge is 2.05. The van der Waals surface area contributed by atoms with Gasteiger partial charge in [0.2, 0.25) is 0 Å². The Labute approximate surface area is 125 Å². The van der Waals surface area contributed by atoms with E-state index in [-0.39, 0.29) is 0 Å². The molecule has 3 heteroatoms. The number of ether oxygens (including phenoxy) is 1. The Balaban J connectivity index is 1.98. The second kappa shape index (κ2) is 5.47. The van der Waals surface area contributed by atoms with Crippen molar-refractivity contribution in [2.24, 2.45) is 0 Å². The Bertz CT molecular complexity index is 781. The smallest absolute Gasteiger partial charge is 0.153 e. The molecule has 3 rings (SSSR count). The average Bonchev–Trinajstić information content (AvgIpc) is 2.49. The van der Waals surface area contributed by atoms with Gasteiger partial charge in [-0.3, -0.25) is 4.79 Å². The summed E-state index contributed by atoms with van der Waals surface area (Å²) in [5.41, 5.74) is 0.521. The third-order valence-electron chi connectivity index (χ3n) is 3.05. The lowest BCUT2D eigenvalue weighted by molar-refractivity contribution is 0.112. The molecule has 98 valence electrons. The number of hydrogen-bond donors (Lipinski definition) is 0. The third kappa shape index (κ3) is 2.58. The molecule has 0 aromatic heterocycles. The maximum atomic E-state index is 11.1. The number of hydrogen-bond acceptors (Lipinski definition) is 2. The molecular formula is C17H11BrO2. The van der Waals surface area contributed by atoms with Gasteiger partial charge in [-0.15, -0.1) is 0 Å². The molecule has 20 heavy (non-hydrogen) atoms. The summed E-state index contributed by atoms with van der Waals surface area (Å²) in [6.45, 7) is 0. The molecule has 0 saturated heterocycles. The molecule has 3 aromatic carbocycles. The van der Waals surface area contributed by atoms with Crippen LogP contribution in [0.1, 0.15) is 10.4 Å². The van der Waals surface area contributed by atoms with Crippen LogP contribution in [0.2, 0.25) is 0 Å². The molecule has 0 heterocycles. The Morgan fingerprint density at radius 1 is 0.900 bits per heavy atom. The largest absolute Gasteiger partial charge is 0.457 e. The van der Waals surface area contributed by atoms with Crippen LogP contribution in [-0.4, -0.2) is 6.29 Å². The Morgan fingerprint density at radius 2 is 1.70 bits per heavy atom. The second-order valence-electron chi connectivity index (χ2n) is 4.41. The van der Waals surface area contributed by atoms with Crippen molar-refractivity contribution in [3.05, 3.63) is 70.7 Å². The van der Waals surface area contributed by atoms with Gasteiger partial charge in [-0.25, -0.2) is 0 Å². The minimum absolute atomic E-state index is 0.521. The van der Waals surface area contributed by atoms with Crippen molar-refractivity contribution in [3.8, 4) is 11.5 Å². The number of benzene rings is 3. The van der Waals surface area contributed by atoms with Gasteiger partial charge in [-0.2, -0.15) is 0 Å². The third-order valence-corrected chi connectivity index (χ3v) is 3.54. The summed E-state index contributed by atoms with van der Waals surface area (Å²) < 4.78 is 6.66. The van der Waals surface area contributed by atoms with Crippen molar-refractivity contribution in [3.63, 3.8) is 0 Å². The molecule has 0 radical (unpaired) electrons. The lowest BCUT2D eigenvalue weighted by Gasteiger charge is -2.09. The average molecular weight is 327 g/mol. The molecule has 0 atom stereocenters. The zero-order chi connectivity index (χ0) is 13.9. The van der Waals surface area contributed by atoms with E-state index in [1.807, 2.05) is 42.5 Å². The number of aldehydes is 1. The maximum absolute atomic E-state index is 11.1. The van der Waals surface area contributed by atoms with Gasteiger partial charge in [0.15, 0.2) is 6.29 Å². The number of carbonyl (C=O) groups excluding carboxylic acids is 1. The first kappa shape index (κ1) is 12.9. The number of carbonyl (C=O) groups is 1. The molecule has 2 nitrogen and oxygen atoms in total. The van der Waals surface area contributed by atoms with E-state index >= 15 is 0 Å². The fraction of sp³-hybridized carbons (Fsp3) is 0. The first-order valence-corrected chi connectivity index (χ1v) is 6.97. The molecule has 0 aliphatic carbocycles. The van der Waals surface area contributed by atoms with Crippen molar-refractivity contribution in [1.29, 1.82) is 0 Å². The summed E-state index contributed by atoms with van der Waals surface area (Å²) >= 11 is 3.34. The molecule has 0 amide bonds. The van der Waals surface area contributed by atoms with E-state index in [2.05, 4.69) is 22.0 Å². The topological polar surface area (TPSA) is 26.3 Å². The van der Waals surface area contributed by atoms with E-state index < -0.39 is 0 Å². The van der Waals surface area contributed by atoms with Crippen molar-refractivity contribution in [1.82, 2.24) is 0 Å². The van der Waals surface area contributed by atoms with Gasteiger partial charge < -0.3 is 4.74 Å². The minimum Gasteiger partial charge on any atom is -0.457 e. The van der Waals surface area contributed by atoms with Crippen LogP contribution >= 0.6 is 15.9 Å². The molecule has 0 aliphatic rings. The summed E-state index contributed by atoms with van der Waals surface area (Å²) in [5, 5.41) is 2.26. The number of halogens is 1. The number of rotatable bonds is 3. The van der Waals surface area contributed by atoms with Crippen molar-refractivity contribution < 1.29 is 9.53 Å². The SMILES string of the molecule is O=Cc1cc(Br)ccc1Oc1ccc2ccccc2c1. The van der Waals surface area contributed by atoms with Crippen LogP contribution in [0.25, 0.3) is 10.8 Å². The molecule has 0 spiro atoms. The van der Waals surface area contributed by atoms with E-state index in [1.165, 1.54) is 0 Å². The van der Waals surface area contributed by atoms with Gasteiger partial charge in [0.25, 0.3) is 0 Å². The molecule has 0 N–H and O–H groups in total. The van der Waals surface area contributed by atoms with E-state index in [9.17, 15) is 4.79 Å². The summed E-state index contributed by atoms with van der Waals surface area (Å²) in [5.74, 6) is 1.27. The van der Waals surface area contributed by atoms with Crippen LogP contribution in [0, 0.1) is 0 Å². The van der Waals surface area contributed by atoms with Gasteiger partial charge >= 0.3 is 0 Å². The highest BCUT2D eigenvalue weighted by molar-refractivity contribution is 9.10. The zero-order valence-electron chi connectivity index (χ0n) is 10.5. The van der Waals surface area contributed by atoms with E-state index in [0.29, 0.717) is 17.1 Å². The summed E-state index contributed by atoms with van der Waals surface area (Å²) in [6, 6.07) is 19.3. The van der Waals surface area contributed by atoms with Gasteiger partial charge in [-0.05, 0) is 41.1 Å². The predicted molar refractivity (Wildman–Crippen MR) is 83.6 cm³/mol. The van der Waals surface area contributed by atoms with Crippen molar-refractivity contribution >= 4 is 33.0 Å². The molecule has 0 fully saturated rings. The van der Waals surface area contributed by atoms with E-state index in [0.717, 1.165) is 21.5 Å². The van der Waals surface area contributed by atoms with Crippen LogP contribution in [0.3, 0.4) is 0 Å². The molecule has 0 unspecified atom stereocenters. The first-order valence-electron chi connectivity index (χ1n) is 6.18. The monoisotopic (exact) mass is 326 g/mol. The van der Waals surface area contributed by atoms with Crippen LogP contribution < -0.4 is 4.74 Å². The minimum atomic E-state index is 0.521. The summed E-state index contributed by atoms with van der Waals surface area (Å²) in [7, 11) is 0. The van der Waals surface area contributed by atoms with Crippen LogP contribution in [0.5, 0.6) is 11.5 Å². The van der Waals surface area contributed by atoms with Gasteiger partial charge in [0.1, 0.15) is 11.5 Å². The highest BCUT2D eigenvalue weighted by atomic mass is 79.9. The normalized spacial score (nSPS) is 10.4. The lowest BCUT2D eigenvalue weighted by atomic mass is 10.1. The quantitative estimate of drug-likeness (QED) is 0.618. The predicted octanol–water partition coefficient (Wildman–Crippen LogP) is 5.21. The van der Waals surface area contributed by atoms with Crippen LogP contribution in [-0.2, 0) is 0 Å². The molecule has 0 bridgehead atoms. The zero-order valence-corrected chi connectivity index (χ0v) is 12.1. The van der Waals surface area contributed by atoms with Gasteiger partial charge in [0.05, 0.1) is 5.56 Å². The summed E-state index contributed by atoms with van der Waals surface area (Å²) in [4.78, 5) is 11.1. The molecular weight excluding hydrogens is 316 g/mol. The second-order valence-corrected chi connectivity index (χ2v) is 5.33. The summed E-state index contributed by atoms with van der Waals surface area (Å²) in [6.07, 6.45) is 0.793. The van der Waals surface area contributed by atoms with Crippen LogP contribution in [0.4, 0.5) is 0 Å². The van der Waals surface area contributed by atoms with E-state index in [4.69, 9.17) is 4.74 Å². The van der Waals surface area contributed by atoms with Gasteiger partial charge in [0, 0.05) is 4.47 Å². The van der Waals surface area contributed by atoms with Crippen molar-refractivity contribution in [2.75, 3.05) is 0 Å². The van der Waals surface area contributed by atoms with E-state index in [1.54, 1.807) is 12.1 Å². The number of fused-ring (bicyclic) bond motifs is 1. The first-order chi connectivity index (χ1) is 9.76. The highest BCUT2D eigenvalue weighted by Crippen LogP contribution is 2.29. The molecule has 0 aliphatic heterocycles. The van der Waals surface area contributed by atoms with Gasteiger partial charge in [-0.1, -0.05) is 46.3 Å². The Hall–Kier alpha value is -2.13.